The zero-order chi connectivity index (χ0) is 42.1. The minimum Gasteiger partial charge on any atom is -0.436 e. The predicted molar refractivity (Wildman–Crippen MR) is 238 cm³/mol. The molecule has 0 amide bonds. The second-order valence-corrected chi connectivity index (χ2v) is 48.0. The van der Waals surface area contributed by atoms with E-state index in [2.05, 4.69) is 83.0 Å². The van der Waals surface area contributed by atoms with E-state index in [1.54, 1.807) is 64.0 Å². The lowest BCUT2D eigenvalue weighted by Gasteiger charge is -2.45. The summed E-state index contributed by atoms with van der Waals surface area (Å²) in [5.41, 5.74) is 0. The Morgan fingerprint density at radius 1 is 0.463 bits per heavy atom. The van der Waals surface area contributed by atoms with Crippen molar-refractivity contribution in [3.8, 4) is 0 Å². The first-order valence-corrected chi connectivity index (χ1v) is 41.1. The van der Waals surface area contributed by atoms with Crippen LogP contribution in [-0.4, -0.2) is 161 Å². The van der Waals surface area contributed by atoms with Gasteiger partial charge in [0, 0.05) is 87.0 Å². The molecular formula is C30H82N2O13Si9. The third kappa shape index (κ3) is 19.2. The molecule has 0 aliphatic heterocycles. The zero-order valence-electron chi connectivity index (χ0n) is 37.8. The monoisotopic (exact) mass is 930 g/mol. The van der Waals surface area contributed by atoms with Crippen LogP contribution in [0.4, 0.5) is 0 Å². The number of hydrogen-bond donors (Lipinski definition) is 2. The molecule has 0 rings (SSSR count). The second kappa shape index (κ2) is 24.6. The Bertz CT molecular complexity index is 975. The molecule has 326 valence electrons. The van der Waals surface area contributed by atoms with Gasteiger partial charge in [0.25, 0.3) is 0 Å². The maximum absolute atomic E-state index is 6.99. The van der Waals surface area contributed by atoms with Gasteiger partial charge in [-0.15, -0.1) is 0 Å². The second-order valence-electron chi connectivity index (χ2n) is 16.1. The molecule has 0 radical (unpaired) electrons. The molecule has 0 bridgehead atoms. The average Bonchev–Trinajstić information content (AvgIpc) is 3.07. The van der Waals surface area contributed by atoms with Crippen LogP contribution in [0, 0.1) is 0 Å². The Balaban J connectivity index is 5.50. The van der Waals surface area contributed by atoms with Gasteiger partial charge in [-0.1, -0.05) is 13.0 Å². The molecule has 0 aromatic carbocycles. The maximum Gasteiger partial charge on any atom is 0.502 e. The summed E-state index contributed by atoms with van der Waals surface area (Å²) in [7, 11) is -6.00. The predicted octanol–water partition coefficient (Wildman–Crippen LogP) is 4.96. The molecule has 2 N–H and O–H groups in total. The van der Waals surface area contributed by atoms with Crippen molar-refractivity contribution in [2.75, 3.05) is 77.1 Å². The molecule has 0 aromatic rings. The molecule has 15 nitrogen and oxygen atoms in total. The van der Waals surface area contributed by atoms with Crippen LogP contribution in [0.2, 0.25) is 94.8 Å². The highest BCUT2D eigenvalue weighted by atomic mass is 28.5. The fourth-order valence-corrected chi connectivity index (χ4v) is 45.2. The standard InChI is InChI=1S/C30H82N2O13Si9/c1-29(54(39-8,40-9)41-10)48(13,14)43-50(17,18)45-51(19,20)44-49(15,16)42-47(11,12)28-25-46-30(31-23-21-26-52(33-2,34-3)35-4)32-24-22-27-53(36-5,37-6)38-7/h29-32H,21-28,46H2,1-20H3. The minimum absolute atomic E-state index is 0.00627. The van der Waals surface area contributed by atoms with Crippen LogP contribution in [0.3, 0.4) is 0 Å². The third-order valence-corrected chi connectivity index (χ3v) is 43.6. The quantitative estimate of drug-likeness (QED) is 0.0520. The van der Waals surface area contributed by atoms with Gasteiger partial charge in [0.15, 0.2) is 16.6 Å². The van der Waals surface area contributed by atoms with Crippen LogP contribution in [0.25, 0.3) is 0 Å². The zero-order valence-corrected chi connectivity index (χ0v) is 47.2. The average molecular weight is 932 g/mol. The fourth-order valence-electron chi connectivity index (χ4n) is 7.17. The summed E-state index contributed by atoms with van der Waals surface area (Å²) in [5.74, 6) is 0.260. The summed E-state index contributed by atoms with van der Waals surface area (Å²) in [6.07, 6.45) is 1.78. The van der Waals surface area contributed by atoms with Gasteiger partial charge in [-0.25, -0.2) is 0 Å². The topological polar surface area (TPSA) is 144 Å². The Labute approximate surface area is 341 Å². The summed E-state index contributed by atoms with van der Waals surface area (Å²) in [4.78, 5) is 0. The molecule has 0 aliphatic rings. The normalized spacial score (nSPS) is 15.3. The molecule has 0 aliphatic carbocycles. The van der Waals surface area contributed by atoms with Crippen LogP contribution in [0.5, 0.6) is 0 Å². The first kappa shape index (κ1) is 55.4. The lowest BCUT2D eigenvalue weighted by atomic mass is 10.4. The van der Waals surface area contributed by atoms with E-state index in [0.717, 1.165) is 50.1 Å². The molecule has 0 fully saturated rings. The molecule has 0 spiro atoms. The van der Waals surface area contributed by atoms with Crippen molar-refractivity contribution < 1.29 is 56.3 Å². The largest absolute Gasteiger partial charge is 0.502 e. The Kier molecular flexibility index (Phi) is 25.2. The molecule has 54 heavy (non-hydrogen) atoms. The molecule has 0 saturated heterocycles. The minimum atomic E-state index is -2.89. The summed E-state index contributed by atoms with van der Waals surface area (Å²) in [6.45, 7) is 25.5. The van der Waals surface area contributed by atoms with Gasteiger partial charge < -0.3 is 66.9 Å². The first-order chi connectivity index (χ1) is 24.8. The summed E-state index contributed by atoms with van der Waals surface area (Å²) < 4.78 is 78.8. The van der Waals surface area contributed by atoms with Crippen LogP contribution in [0.1, 0.15) is 19.8 Å². The van der Waals surface area contributed by atoms with Gasteiger partial charge in [0.2, 0.25) is 0 Å². The molecule has 1 atom stereocenters. The third-order valence-electron chi connectivity index (χ3n) is 9.68. The molecule has 0 saturated carbocycles. The van der Waals surface area contributed by atoms with Gasteiger partial charge in [-0.2, -0.15) is 0 Å². The van der Waals surface area contributed by atoms with Crippen LogP contribution in [0.15, 0.2) is 0 Å². The fraction of sp³-hybridized carbons (Fsp3) is 1.00. The van der Waals surface area contributed by atoms with E-state index in [-0.39, 0.29) is 11.0 Å². The van der Waals surface area contributed by atoms with Gasteiger partial charge in [-0.3, -0.25) is 0 Å². The highest BCUT2D eigenvalue weighted by Gasteiger charge is 2.56. The molecule has 24 heteroatoms. The van der Waals surface area contributed by atoms with Gasteiger partial charge in [0.05, 0.1) is 9.52 Å². The van der Waals surface area contributed by atoms with Gasteiger partial charge >= 0.3 is 52.1 Å². The van der Waals surface area contributed by atoms with Gasteiger partial charge in [-0.05, 0) is 97.4 Å². The highest BCUT2D eigenvalue weighted by molar-refractivity contribution is 6.94. The molecule has 0 heterocycles. The Hall–Kier alpha value is 1.35. The van der Waals surface area contributed by atoms with Crippen molar-refractivity contribution in [1.82, 2.24) is 10.6 Å². The highest BCUT2D eigenvalue weighted by Crippen LogP contribution is 2.36. The van der Waals surface area contributed by atoms with Crippen LogP contribution in [-0.2, 0) is 56.3 Å². The summed E-state index contributed by atoms with van der Waals surface area (Å²) in [6, 6.07) is 3.71. The van der Waals surface area contributed by atoms with Crippen LogP contribution < -0.4 is 10.6 Å². The van der Waals surface area contributed by atoms with Crippen molar-refractivity contribution in [2.24, 2.45) is 0 Å². The Morgan fingerprint density at radius 3 is 1.17 bits per heavy atom. The lowest BCUT2D eigenvalue weighted by Crippen LogP contribution is -2.62. The number of nitrogens with one attached hydrogen (secondary N) is 2. The van der Waals surface area contributed by atoms with Crippen LogP contribution >= 0.6 is 0 Å². The number of hydrogen-bond acceptors (Lipinski definition) is 15. The summed E-state index contributed by atoms with van der Waals surface area (Å²) >= 11 is 0. The SMILES string of the molecule is CO[Si](CCCNC(NCCC[Si](OC)(OC)OC)[SiH2]CC[Si](C)(C)O[Si](C)(C)O[Si](C)(C)O[Si](C)(C)O[Si](C)(C)C(C)[Si](OC)(OC)OC)(OC)OC. The van der Waals surface area contributed by atoms with Crippen molar-refractivity contribution in [3.63, 3.8) is 0 Å². The smallest absolute Gasteiger partial charge is 0.436 e. The van der Waals surface area contributed by atoms with Crippen molar-refractivity contribution in [1.29, 1.82) is 0 Å². The molecule has 0 aromatic heterocycles. The van der Waals surface area contributed by atoms with E-state index in [9.17, 15) is 0 Å². The van der Waals surface area contributed by atoms with E-state index in [0.29, 0.717) is 0 Å². The summed E-state index contributed by atoms with van der Waals surface area (Å²) in [5, 5.41) is 7.57. The van der Waals surface area contributed by atoms with Crippen molar-refractivity contribution >= 4 is 78.3 Å². The van der Waals surface area contributed by atoms with Crippen molar-refractivity contribution in [2.45, 2.75) is 120 Å². The van der Waals surface area contributed by atoms with Crippen molar-refractivity contribution in [3.05, 3.63) is 0 Å². The number of rotatable bonds is 33. The Morgan fingerprint density at radius 2 is 0.815 bits per heavy atom. The molecule has 1 unspecified atom stereocenters. The van der Waals surface area contributed by atoms with E-state index in [1.165, 1.54) is 0 Å². The lowest BCUT2D eigenvalue weighted by molar-refractivity contribution is 0.118. The first-order valence-electron chi connectivity index (χ1n) is 19.1. The van der Waals surface area contributed by atoms with Gasteiger partial charge in [0.1, 0.15) is 0 Å². The van der Waals surface area contributed by atoms with E-state index >= 15 is 0 Å². The molecular weight excluding hydrogens is 849 g/mol. The maximum atomic E-state index is 6.99. The van der Waals surface area contributed by atoms with E-state index in [1.807, 2.05) is 0 Å². The van der Waals surface area contributed by atoms with E-state index < -0.39 is 78.3 Å². The van der Waals surface area contributed by atoms with E-state index in [4.69, 9.17) is 56.3 Å².